The molecular weight excluding hydrogens is 252 g/mol. The molecule has 4 N–H and O–H groups in total. The first kappa shape index (κ1) is 14.1. The number of carbonyl (C=O) groups is 1. The highest BCUT2D eigenvalue weighted by molar-refractivity contribution is 5.97. The number of nitrogens with zero attached hydrogens (tertiary/aromatic N) is 1. The SMILES string of the molecule is CCc1[nH]nc(C(=O)NCCCc2ccccc2)c1N. The van der Waals surface area contributed by atoms with Gasteiger partial charge in [-0.25, -0.2) is 0 Å². The van der Waals surface area contributed by atoms with E-state index >= 15 is 0 Å². The fourth-order valence-corrected chi connectivity index (χ4v) is 2.05. The molecule has 1 heterocycles. The molecule has 0 fully saturated rings. The van der Waals surface area contributed by atoms with Crippen LogP contribution in [-0.2, 0) is 12.8 Å². The highest BCUT2D eigenvalue weighted by atomic mass is 16.1. The van der Waals surface area contributed by atoms with E-state index < -0.39 is 0 Å². The van der Waals surface area contributed by atoms with E-state index in [-0.39, 0.29) is 5.91 Å². The highest BCUT2D eigenvalue weighted by Crippen LogP contribution is 2.13. The lowest BCUT2D eigenvalue weighted by molar-refractivity contribution is 0.0949. The lowest BCUT2D eigenvalue weighted by Crippen LogP contribution is -2.26. The standard InChI is InChI=1S/C15H20N4O/c1-2-12-13(16)14(19-18-12)15(20)17-10-6-9-11-7-4-3-5-8-11/h3-5,7-8H,2,6,9-10,16H2,1H3,(H,17,20)(H,18,19). The summed E-state index contributed by atoms with van der Waals surface area (Å²) in [5.41, 5.74) is 8.68. The van der Waals surface area contributed by atoms with Gasteiger partial charge in [-0.3, -0.25) is 9.89 Å². The van der Waals surface area contributed by atoms with Gasteiger partial charge >= 0.3 is 0 Å². The maximum atomic E-state index is 11.9. The van der Waals surface area contributed by atoms with Crippen LogP contribution < -0.4 is 11.1 Å². The van der Waals surface area contributed by atoms with Gasteiger partial charge < -0.3 is 11.1 Å². The van der Waals surface area contributed by atoms with Crippen LogP contribution in [0.1, 0.15) is 35.1 Å². The fourth-order valence-electron chi connectivity index (χ4n) is 2.05. The van der Waals surface area contributed by atoms with Crippen molar-refractivity contribution in [3.8, 4) is 0 Å². The van der Waals surface area contributed by atoms with Crippen molar-refractivity contribution in [2.45, 2.75) is 26.2 Å². The number of H-pyrrole nitrogens is 1. The summed E-state index contributed by atoms with van der Waals surface area (Å²) in [5, 5.41) is 9.59. The lowest BCUT2D eigenvalue weighted by Gasteiger charge is -2.04. The summed E-state index contributed by atoms with van der Waals surface area (Å²) in [6.07, 6.45) is 2.57. The second kappa shape index (κ2) is 6.75. The zero-order chi connectivity index (χ0) is 14.4. The molecule has 0 aliphatic heterocycles. The number of anilines is 1. The molecule has 5 heteroatoms. The number of amides is 1. The van der Waals surface area contributed by atoms with Crippen LogP contribution in [0.3, 0.4) is 0 Å². The Bertz CT molecular complexity index is 563. The van der Waals surface area contributed by atoms with Crippen LogP contribution in [0.5, 0.6) is 0 Å². The molecular formula is C15H20N4O. The van der Waals surface area contributed by atoms with E-state index in [9.17, 15) is 4.79 Å². The number of hydrogen-bond donors (Lipinski definition) is 3. The number of rotatable bonds is 6. The summed E-state index contributed by atoms with van der Waals surface area (Å²) in [6, 6.07) is 10.2. The Morgan fingerprint density at radius 3 is 2.75 bits per heavy atom. The number of carbonyl (C=O) groups excluding carboxylic acids is 1. The van der Waals surface area contributed by atoms with Crippen molar-refractivity contribution < 1.29 is 4.79 Å². The van der Waals surface area contributed by atoms with E-state index in [2.05, 4.69) is 27.6 Å². The molecule has 0 saturated carbocycles. The maximum absolute atomic E-state index is 11.9. The minimum Gasteiger partial charge on any atom is -0.395 e. The Hall–Kier alpha value is -2.30. The molecule has 0 spiro atoms. The Kier molecular flexibility index (Phi) is 4.76. The first-order chi connectivity index (χ1) is 9.72. The third kappa shape index (κ3) is 3.38. The molecule has 1 aromatic heterocycles. The van der Waals surface area contributed by atoms with Crippen molar-refractivity contribution in [2.24, 2.45) is 0 Å². The number of nitrogens with one attached hydrogen (secondary N) is 2. The van der Waals surface area contributed by atoms with Crippen molar-refractivity contribution in [3.63, 3.8) is 0 Å². The largest absolute Gasteiger partial charge is 0.395 e. The molecule has 0 saturated heterocycles. The summed E-state index contributed by atoms with van der Waals surface area (Å²) in [6.45, 7) is 2.58. The monoisotopic (exact) mass is 272 g/mol. The average molecular weight is 272 g/mol. The van der Waals surface area contributed by atoms with Gasteiger partial charge in [0.25, 0.3) is 5.91 Å². The first-order valence-electron chi connectivity index (χ1n) is 6.87. The van der Waals surface area contributed by atoms with Crippen molar-refractivity contribution in [2.75, 3.05) is 12.3 Å². The summed E-state index contributed by atoms with van der Waals surface area (Å²) in [5.74, 6) is -0.216. The van der Waals surface area contributed by atoms with E-state index in [1.807, 2.05) is 25.1 Å². The van der Waals surface area contributed by atoms with Gasteiger partial charge in [0.2, 0.25) is 0 Å². The minimum absolute atomic E-state index is 0.216. The van der Waals surface area contributed by atoms with Crippen LogP contribution in [0.4, 0.5) is 5.69 Å². The van der Waals surface area contributed by atoms with Crippen molar-refractivity contribution in [3.05, 3.63) is 47.3 Å². The number of benzene rings is 1. The molecule has 0 unspecified atom stereocenters. The zero-order valence-electron chi connectivity index (χ0n) is 11.6. The quantitative estimate of drug-likeness (QED) is 0.702. The van der Waals surface area contributed by atoms with Crippen LogP contribution in [-0.4, -0.2) is 22.6 Å². The molecule has 0 aliphatic rings. The molecule has 5 nitrogen and oxygen atoms in total. The fraction of sp³-hybridized carbons (Fsp3) is 0.333. The summed E-state index contributed by atoms with van der Waals surface area (Å²) >= 11 is 0. The van der Waals surface area contributed by atoms with Crippen LogP contribution in [0.25, 0.3) is 0 Å². The second-order valence-electron chi connectivity index (χ2n) is 4.66. The number of aromatic amines is 1. The van der Waals surface area contributed by atoms with E-state index in [0.717, 1.165) is 25.0 Å². The molecule has 106 valence electrons. The second-order valence-corrected chi connectivity index (χ2v) is 4.66. The van der Waals surface area contributed by atoms with Crippen molar-refractivity contribution in [1.29, 1.82) is 0 Å². The number of hydrogen-bond acceptors (Lipinski definition) is 3. The first-order valence-corrected chi connectivity index (χ1v) is 6.87. The molecule has 1 aromatic carbocycles. The van der Waals surface area contributed by atoms with E-state index in [0.29, 0.717) is 17.9 Å². The Labute approximate surface area is 118 Å². The van der Waals surface area contributed by atoms with Crippen LogP contribution in [0, 0.1) is 0 Å². The number of aromatic nitrogens is 2. The highest BCUT2D eigenvalue weighted by Gasteiger charge is 2.15. The van der Waals surface area contributed by atoms with Crippen LogP contribution >= 0.6 is 0 Å². The topological polar surface area (TPSA) is 83.8 Å². The number of nitrogen functional groups attached to an aromatic ring is 1. The molecule has 1 amide bonds. The maximum Gasteiger partial charge on any atom is 0.273 e. The van der Waals surface area contributed by atoms with Gasteiger partial charge in [-0.2, -0.15) is 5.10 Å². The van der Waals surface area contributed by atoms with E-state index in [1.54, 1.807) is 0 Å². The molecule has 0 bridgehead atoms. The number of nitrogens with two attached hydrogens (primary N) is 1. The van der Waals surface area contributed by atoms with Crippen molar-refractivity contribution >= 4 is 11.6 Å². The average Bonchev–Trinajstić information content (AvgIpc) is 2.85. The zero-order valence-corrected chi connectivity index (χ0v) is 11.6. The summed E-state index contributed by atoms with van der Waals surface area (Å²) < 4.78 is 0. The smallest absolute Gasteiger partial charge is 0.273 e. The summed E-state index contributed by atoms with van der Waals surface area (Å²) in [4.78, 5) is 11.9. The van der Waals surface area contributed by atoms with E-state index in [1.165, 1.54) is 5.56 Å². The Morgan fingerprint density at radius 1 is 1.35 bits per heavy atom. The third-order valence-electron chi connectivity index (χ3n) is 3.22. The van der Waals surface area contributed by atoms with Crippen molar-refractivity contribution in [1.82, 2.24) is 15.5 Å². The van der Waals surface area contributed by atoms with Gasteiger partial charge in [0.1, 0.15) is 0 Å². The van der Waals surface area contributed by atoms with Crippen LogP contribution in [0.2, 0.25) is 0 Å². The van der Waals surface area contributed by atoms with Gasteiger partial charge in [-0.1, -0.05) is 37.3 Å². The van der Waals surface area contributed by atoms with Gasteiger partial charge in [-0.15, -0.1) is 0 Å². The molecule has 2 rings (SSSR count). The van der Waals surface area contributed by atoms with Gasteiger partial charge in [0, 0.05) is 6.54 Å². The van der Waals surface area contributed by atoms with Crippen LogP contribution in [0.15, 0.2) is 30.3 Å². The normalized spacial score (nSPS) is 10.4. The predicted octanol–water partition coefficient (Wildman–Crippen LogP) is 1.92. The predicted molar refractivity (Wildman–Crippen MR) is 79.5 cm³/mol. The van der Waals surface area contributed by atoms with Gasteiger partial charge in [0.05, 0.1) is 11.4 Å². The molecule has 0 atom stereocenters. The molecule has 0 radical (unpaired) electrons. The summed E-state index contributed by atoms with van der Waals surface area (Å²) in [7, 11) is 0. The molecule has 0 aliphatic carbocycles. The lowest BCUT2D eigenvalue weighted by atomic mass is 10.1. The molecule has 2 aromatic rings. The Balaban J connectivity index is 1.79. The van der Waals surface area contributed by atoms with Gasteiger partial charge in [-0.05, 0) is 24.8 Å². The number of aryl methyl sites for hydroxylation is 2. The molecule has 20 heavy (non-hydrogen) atoms. The minimum atomic E-state index is -0.216. The van der Waals surface area contributed by atoms with E-state index in [4.69, 9.17) is 5.73 Å². The van der Waals surface area contributed by atoms with Gasteiger partial charge in [0.15, 0.2) is 5.69 Å². The Morgan fingerprint density at radius 2 is 2.10 bits per heavy atom. The third-order valence-corrected chi connectivity index (χ3v) is 3.22.